The molecule has 32 heavy (non-hydrogen) atoms. The molecule has 0 spiro atoms. The Hall–Kier alpha value is -3.89. The van der Waals surface area contributed by atoms with E-state index in [0.717, 1.165) is 12.1 Å². The number of hydrogen-bond acceptors (Lipinski definition) is 7. The van der Waals surface area contributed by atoms with Crippen LogP contribution in [0.25, 0.3) is 17.0 Å². The molecule has 1 atom stereocenters. The standard InChI is InChI=1S/C21H20F2N6O3/c1-4-17(12-6-7-14(22)15(23)8-12)29-18-16(10-25-29)26-21(27-19(18)31-3)28-11-13(9-24-28)20(30)32-5-2/h6-11,17H,4-5H2,1-3H3. The van der Waals surface area contributed by atoms with E-state index < -0.39 is 23.6 Å². The molecule has 1 aromatic carbocycles. The average Bonchev–Trinajstić information content (AvgIpc) is 3.44. The highest BCUT2D eigenvalue weighted by Crippen LogP contribution is 2.31. The van der Waals surface area contributed by atoms with E-state index in [-0.39, 0.29) is 24.0 Å². The molecule has 0 bridgehead atoms. The van der Waals surface area contributed by atoms with E-state index in [1.54, 1.807) is 11.6 Å². The molecule has 0 aliphatic rings. The molecule has 1 unspecified atom stereocenters. The van der Waals surface area contributed by atoms with Crippen LogP contribution in [0.2, 0.25) is 0 Å². The summed E-state index contributed by atoms with van der Waals surface area (Å²) in [5.74, 6) is -1.96. The fourth-order valence-corrected chi connectivity index (χ4v) is 3.42. The minimum absolute atomic E-state index is 0.172. The summed E-state index contributed by atoms with van der Waals surface area (Å²) in [7, 11) is 1.45. The normalized spacial score (nSPS) is 12.2. The Bertz CT molecular complexity index is 1290. The van der Waals surface area contributed by atoms with Crippen molar-refractivity contribution in [3.63, 3.8) is 0 Å². The fraction of sp³-hybridized carbons (Fsp3) is 0.286. The third-order valence-electron chi connectivity index (χ3n) is 4.90. The number of methoxy groups -OCH3 is 1. The van der Waals surface area contributed by atoms with Crippen LogP contribution in [0.5, 0.6) is 5.88 Å². The van der Waals surface area contributed by atoms with Crippen molar-refractivity contribution in [2.45, 2.75) is 26.3 Å². The lowest BCUT2D eigenvalue weighted by Gasteiger charge is -2.18. The van der Waals surface area contributed by atoms with E-state index in [9.17, 15) is 13.6 Å². The highest BCUT2D eigenvalue weighted by atomic mass is 19.2. The van der Waals surface area contributed by atoms with Gasteiger partial charge in [0.05, 0.1) is 37.7 Å². The van der Waals surface area contributed by atoms with Crippen LogP contribution in [0.3, 0.4) is 0 Å². The number of aromatic nitrogens is 6. The molecule has 4 rings (SSSR count). The Morgan fingerprint density at radius 3 is 2.62 bits per heavy atom. The van der Waals surface area contributed by atoms with Crippen LogP contribution in [0.4, 0.5) is 8.78 Å². The van der Waals surface area contributed by atoms with E-state index in [4.69, 9.17) is 9.47 Å². The number of carbonyl (C=O) groups excluding carboxylic acids is 1. The first-order valence-electron chi connectivity index (χ1n) is 9.93. The maximum atomic E-state index is 13.8. The molecule has 9 nitrogen and oxygen atoms in total. The van der Waals surface area contributed by atoms with Gasteiger partial charge in [0.25, 0.3) is 5.95 Å². The second-order valence-corrected chi connectivity index (χ2v) is 6.85. The number of rotatable bonds is 7. The summed E-state index contributed by atoms with van der Waals surface area (Å²) in [5, 5.41) is 8.54. The van der Waals surface area contributed by atoms with Crippen LogP contribution < -0.4 is 4.74 Å². The molecule has 0 fully saturated rings. The number of hydrogen-bond donors (Lipinski definition) is 0. The lowest BCUT2D eigenvalue weighted by Crippen LogP contribution is -2.13. The monoisotopic (exact) mass is 442 g/mol. The summed E-state index contributed by atoms with van der Waals surface area (Å²) in [5.41, 5.74) is 1.76. The van der Waals surface area contributed by atoms with Gasteiger partial charge in [0.2, 0.25) is 5.88 Å². The van der Waals surface area contributed by atoms with Gasteiger partial charge in [0.1, 0.15) is 11.0 Å². The maximum Gasteiger partial charge on any atom is 0.341 e. The van der Waals surface area contributed by atoms with Crippen LogP contribution >= 0.6 is 0 Å². The first-order chi connectivity index (χ1) is 15.5. The van der Waals surface area contributed by atoms with Crippen molar-refractivity contribution in [2.75, 3.05) is 13.7 Å². The maximum absolute atomic E-state index is 13.8. The first-order valence-corrected chi connectivity index (χ1v) is 9.93. The number of carbonyl (C=O) groups is 1. The lowest BCUT2D eigenvalue weighted by atomic mass is 10.0. The van der Waals surface area contributed by atoms with Crippen LogP contribution in [0.1, 0.15) is 42.2 Å². The highest BCUT2D eigenvalue weighted by molar-refractivity contribution is 5.88. The van der Waals surface area contributed by atoms with Crippen LogP contribution in [0.15, 0.2) is 36.8 Å². The van der Waals surface area contributed by atoms with E-state index in [1.807, 2.05) is 6.92 Å². The summed E-state index contributed by atoms with van der Waals surface area (Å²) in [6, 6.07) is 3.36. The SMILES string of the molecule is CCOC(=O)c1cnn(-c2nc(OC)c3c(cnn3C(CC)c3ccc(F)c(F)c3)n2)c1. The van der Waals surface area contributed by atoms with Gasteiger partial charge in [-0.3, -0.25) is 4.68 Å². The molecular formula is C21H20F2N6O3. The Balaban J connectivity index is 1.78. The quantitative estimate of drug-likeness (QED) is 0.404. The lowest BCUT2D eigenvalue weighted by molar-refractivity contribution is 0.0526. The molecule has 0 aliphatic heterocycles. The number of benzene rings is 1. The summed E-state index contributed by atoms with van der Waals surface area (Å²) in [6.45, 7) is 3.86. The minimum atomic E-state index is -0.931. The molecule has 4 aromatic rings. The fourth-order valence-electron chi connectivity index (χ4n) is 3.42. The highest BCUT2D eigenvalue weighted by Gasteiger charge is 2.22. The van der Waals surface area contributed by atoms with Gasteiger partial charge in [0.15, 0.2) is 11.6 Å². The predicted molar refractivity (Wildman–Crippen MR) is 110 cm³/mol. The molecule has 0 amide bonds. The van der Waals surface area contributed by atoms with E-state index in [0.29, 0.717) is 23.0 Å². The zero-order valence-electron chi connectivity index (χ0n) is 17.6. The Morgan fingerprint density at radius 1 is 1.12 bits per heavy atom. The van der Waals surface area contributed by atoms with Crippen molar-refractivity contribution in [1.29, 1.82) is 0 Å². The number of fused-ring (bicyclic) bond motifs is 1. The van der Waals surface area contributed by atoms with Gasteiger partial charge in [-0.1, -0.05) is 13.0 Å². The summed E-state index contributed by atoms with van der Waals surface area (Å²) in [6.07, 6.45) is 4.90. The van der Waals surface area contributed by atoms with Crippen LogP contribution in [-0.4, -0.2) is 49.2 Å². The molecule has 11 heteroatoms. The van der Waals surface area contributed by atoms with Gasteiger partial charge in [-0.15, -0.1) is 0 Å². The molecule has 0 N–H and O–H groups in total. The van der Waals surface area contributed by atoms with Crippen molar-refractivity contribution < 1.29 is 23.0 Å². The van der Waals surface area contributed by atoms with Crippen LogP contribution in [0, 0.1) is 11.6 Å². The zero-order valence-corrected chi connectivity index (χ0v) is 17.6. The van der Waals surface area contributed by atoms with Crippen molar-refractivity contribution in [1.82, 2.24) is 29.5 Å². The molecule has 0 saturated heterocycles. The number of ether oxygens (including phenoxy) is 2. The average molecular weight is 442 g/mol. The second-order valence-electron chi connectivity index (χ2n) is 6.85. The van der Waals surface area contributed by atoms with Crippen molar-refractivity contribution in [3.8, 4) is 11.8 Å². The molecule has 0 radical (unpaired) electrons. The Morgan fingerprint density at radius 2 is 1.94 bits per heavy atom. The second kappa shape index (κ2) is 8.69. The van der Waals surface area contributed by atoms with Gasteiger partial charge >= 0.3 is 5.97 Å². The molecule has 3 heterocycles. The topological polar surface area (TPSA) is 97.0 Å². The zero-order chi connectivity index (χ0) is 22.8. The minimum Gasteiger partial charge on any atom is -0.479 e. The third-order valence-corrected chi connectivity index (χ3v) is 4.90. The molecule has 0 saturated carbocycles. The van der Waals surface area contributed by atoms with E-state index in [2.05, 4.69) is 20.2 Å². The summed E-state index contributed by atoms with van der Waals surface area (Å²) >= 11 is 0. The van der Waals surface area contributed by atoms with Gasteiger partial charge in [-0.25, -0.2) is 23.2 Å². The molecular weight excluding hydrogens is 422 g/mol. The largest absolute Gasteiger partial charge is 0.479 e. The Kier molecular flexibility index (Phi) is 5.80. The Labute approximate surface area is 181 Å². The van der Waals surface area contributed by atoms with Gasteiger partial charge in [-0.2, -0.15) is 15.2 Å². The predicted octanol–water partition coefficient (Wildman–Crippen LogP) is 3.47. The molecule has 0 aliphatic carbocycles. The third kappa shape index (κ3) is 3.77. The summed E-state index contributed by atoms with van der Waals surface area (Å²) in [4.78, 5) is 20.8. The van der Waals surface area contributed by atoms with E-state index in [1.165, 1.54) is 36.4 Å². The summed E-state index contributed by atoms with van der Waals surface area (Å²) < 4.78 is 40.6. The molecule has 3 aromatic heterocycles. The van der Waals surface area contributed by atoms with E-state index >= 15 is 0 Å². The first kappa shape index (κ1) is 21.3. The number of esters is 1. The smallest absolute Gasteiger partial charge is 0.341 e. The van der Waals surface area contributed by atoms with Crippen molar-refractivity contribution in [2.24, 2.45) is 0 Å². The number of halogens is 2. The molecule has 166 valence electrons. The van der Waals surface area contributed by atoms with Gasteiger partial charge in [-0.05, 0) is 31.0 Å². The van der Waals surface area contributed by atoms with Gasteiger partial charge < -0.3 is 9.47 Å². The van der Waals surface area contributed by atoms with Crippen LogP contribution in [-0.2, 0) is 4.74 Å². The van der Waals surface area contributed by atoms with Crippen molar-refractivity contribution >= 4 is 17.0 Å². The number of nitrogens with zero attached hydrogens (tertiary/aromatic N) is 6. The van der Waals surface area contributed by atoms with Gasteiger partial charge in [0, 0.05) is 6.20 Å². The van der Waals surface area contributed by atoms with Crippen molar-refractivity contribution in [3.05, 3.63) is 59.6 Å².